The number of aryl methyl sites for hydroxylation is 1. The van der Waals surface area contributed by atoms with E-state index in [0.29, 0.717) is 24.6 Å². The Morgan fingerprint density at radius 3 is 2.58 bits per heavy atom. The maximum atomic E-state index is 5.67. The van der Waals surface area contributed by atoms with E-state index in [1.54, 1.807) is 20.4 Å². The van der Waals surface area contributed by atoms with Gasteiger partial charge in [-0.05, 0) is 24.6 Å². The summed E-state index contributed by atoms with van der Waals surface area (Å²) >= 11 is 0. The van der Waals surface area contributed by atoms with Crippen LogP contribution < -0.4 is 15.2 Å². The predicted octanol–water partition coefficient (Wildman–Crippen LogP) is 2.17. The monoisotopic (exact) mass is 262 g/mol. The van der Waals surface area contributed by atoms with Crippen molar-refractivity contribution < 1.29 is 13.9 Å². The molecule has 0 amide bonds. The summed E-state index contributed by atoms with van der Waals surface area (Å²) in [6, 6.07) is 3.81. The van der Waals surface area contributed by atoms with Crippen LogP contribution in [-0.4, -0.2) is 25.7 Å². The van der Waals surface area contributed by atoms with Gasteiger partial charge >= 0.3 is 0 Å². The zero-order valence-electron chi connectivity index (χ0n) is 11.4. The molecule has 1 aromatic carbocycles. The third-order valence-electron chi connectivity index (χ3n) is 2.89. The number of benzene rings is 1. The Morgan fingerprint density at radius 2 is 1.95 bits per heavy atom. The second kappa shape index (κ2) is 5.75. The van der Waals surface area contributed by atoms with Gasteiger partial charge < -0.3 is 19.6 Å². The molecule has 102 valence electrons. The van der Waals surface area contributed by atoms with Gasteiger partial charge in [-0.2, -0.15) is 0 Å². The number of hydrogen-bond donors (Lipinski definition) is 1. The zero-order chi connectivity index (χ0) is 13.8. The van der Waals surface area contributed by atoms with E-state index in [1.165, 1.54) is 0 Å². The van der Waals surface area contributed by atoms with Crippen molar-refractivity contribution in [2.24, 2.45) is 5.73 Å². The number of rotatable bonds is 5. The van der Waals surface area contributed by atoms with Crippen molar-refractivity contribution in [3.8, 4) is 22.8 Å². The second-order valence-electron chi connectivity index (χ2n) is 4.18. The van der Waals surface area contributed by atoms with E-state index in [4.69, 9.17) is 19.6 Å². The highest BCUT2D eigenvalue weighted by molar-refractivity contribution is 5.68. The van der Waals surface area contributed by atoms with Crippen LogP contribution in [0.4, 0.5) is 0 Å². The first kappa shape index (κ1) is 13.4. The molecule has 2 aromatic rings. The molecule has 0 spiro atoms. The summed E-state index contributed by atoms with van der Waals surface area (Å²) in [5, 5.41) is 0. The quantitative estimate of drug-likeness (QED) is 0.894. The Morgan fingerprint density at radius 1 is 1.21 bits per heavy atom. The van der Waals surface area contributed by atoms with Crippen LogP contribution in [0.3, 0.4) is 0 Å². The molecule has 0 bridgehead atoms. The van der Waals surface area contributed by atoms with E-state index in [1.807, 2.05) is 19.1 Å². The van der Waals surface area contributed by atoms with Crippen LogP contribution in [0.25, 0.3) is 11.3 Å². The molecule has 19 heavy (non-hydrogen) atoms. The fourth-order valence-corrected chi connectivity index (χ4v) is 1.92. The highest BCUT2D eigenvalue weighted by atomic mass is 16.5. The molecular formula is C14H18N2O3. The predicted molar refractivity (Wildman–Crippen MR) is 72.5 cm³/mol. The molecule has 2 rings (SSSR count). The number of ether oxygens (including phenoxy) is 2. The van der Waals surface area contributed by atoms with Crippen LogP contribution in [0.5, 0.6) is 11.5 Å². The number of nitrogens with zero attached hydrogens (tertiary/aromatic N) is 1. The third kappa shape index (κ3) is 2.71. The molecule has 0 aliphatic rings. The van der Waals surface area contributed by atoms with E-state index in [2.05, 4.69) is 4.98 Å². The lowest BCUT2D eigenvalue weighted by Gasteiger charge is -2.11. The molecule has 0 fully saturated rings. The highest BCUT2D eigenvalue weighted by Crippen LogP contribution is 2.36. The van der Waals surface area contributed by atoms with Crippen molar-refractivity contribution in [2.75, 3.05) is 20.8 Å². The van der Waals surface area contributed by atoms with Gasteiger partial charge in [0, 0.05) is 13.0 Å². The zero-order valence-corrected chi connectivity index (χ0v) is 11.4. The molecule has 2 N–H and O–H groups in total. The lowest BCUT2D eigenvalue weighted by Crippen LogP contribution is -2.02. The van der Waals surface area contributed by atoms with Gasteiger partial charge in [0.25, 0.3) is 0 Å². The summed E-state index contributed by atoms with van der Waals surface area (Å²) < 4.78 is 16.4. The van der Waals surface area contributed by atoms with Crippen LogP contribution in [0.15, 0.2) is 22.7 Å². The van der Waals surface area contributed by atoms with Crippen LogP contribution in [0, 0.1) is 6.92 Å². The Bertz CT molecular complexity index is 564. The van der Waals surface area contributed by atoms with Crippen molar-refractivity contribution in [1.29, 1.82) is 0 Å². The smallest absolute Gasteiger partial charge is 0.196 e. The van der Waals surface area contributed by atoms with Gasteiger partial charge in [0.1, 0.15) is 11.5 Å². The fourth-order valence-electron chi connectivity index (χ4n) is 1.92. The maximum absolute atomic E-state index is 5.67. The standard InChI is InChI=1S/C14H18N2O3/c1-9-6-12(18-3)10(7-11(9)17-2)13-8-16-14(19-13)4-5-15/h6-8H,4-5,15H2,1-3H3. The van der Waals surface area contributed by atoms with E-state index >= 15 is 0 Å². The van der Waals surface area contributed by atoms with E-state index in [-0.39, 0.29) is 0 Å². The molecule has 1 heterocycles. The number of oxazole rings is 1. The third-order valence-corrected chi connectivity index (χ3v) is 2.89. The van der Waals surface area contributed by atoms with Crippen LogP contribution in [0.2, 0.25) is 0 Å². The van der Waals surface area contributed by atoms with Crippen molar-refractivity contribution in [3.05, 3.63) is 29.8 Å². The fraction of sp³-hybridized carbons (Fsp3) is 0.357. The Balaban J connectivity index is 2.46. The molecule has 0 saturated carbocycles. The minimum atomic E-state index is 0.508. The number of nitrogens with two attached hydrogens (primary N) is 1. The summed E-state index contributed by atoms with van der Waals surface area (Å²) in [6.45, 7) is 2.47. The Kier molecular flexibility index (Phi) is 4.06. The maximum Gasteiger partial charge on any atom is 0.196 e. The summed E-state index contributed by atoms with van der Waals surface area (Å²) in [4.78, 5) is 4.19. The molecule has 5 nitrogen and oxygen atoms in total. The average molecular weight is 262 g/mol. The first-order valence-corrected chi connectivity index (χ1v) is 6.07. The minimum absolute atomic E-state index is 0.508. The SMILES string of the molecule is COc1cc(-c2cnc(CCN)o2)c(OC)cc1C. The number of aromatic nitrogens is 1. The lowest BCUT2D eigenvalue weighted by atomic mass is 10.1. The number of hydrogen-bond acceptors (Lipinski definition) is 5. The number of methoxy groups -OCH3 is 2. The van der Waals surface area contributed by atoms with Crippen molar-refractivity contribution in [1.82, 2.24) is 4.98 Å². The van der Waals surface area contributed by atoms with E-state index in [9.17, 15) is 0 Å². The summed E-state index contributed by atoms with van der Waals surface area (Å²) in [5.41, 5.74) is 7.31. The van der Waals surface area contributed by atoms with Crippen LogP contribution in [-0.2, 0) is 6.42 Å². The van der Waals surface area contributed by atoms with Gasteiger partial charge in [0.15, 0.2) is 11.7 Å². The first-order valence-electron chi connectivity index (χ1n) is 6.07. The van der Waals surface area contributed by atoms with Crippen LogP contribution >= 0.6 is 0 Å². The molecule has 0 aliphatic heterocycles. The van der Waals surface area contributed by atoms with Gasteiger partial charge in [-0.15, -0.1) is 0 Å². The molecule has 0 unspecified atom stereocenters. The molecule has 1 aromatic heterocycles. The van der Waals surface area contributed by atoms with E-state index < -0.39 is 0 Å². The van der Waals surface area contributed by atoms with Gasteiger partial charge in [0.05, 0.1) is 26.0 Å². The second-order valence-corrected chi connectivity index (χ2v) is 4.18. The minimum Gasteiger partial charge on any atom is -0.496 e. The summed E-state index contributed by atoms with van der Waals surface area (Å²) in [7, 11) is 3.26. The van der Waals surface area contributed by atoms with Crippen molar-refractivity contribution in [3.63, 3.8) is 0 Å². The Labute approximate surface area is 112 Å². The lowest BCUT2D eigenvalue weighted by molar-refractivity contribution is 0.400. The van der Waals surface area contributed by atoms with Gasteiger partial charge in [-0.25, -0.2) is 4.98 Å². The van der Waals surface area contributed by atoms with Gasteiger partial charge in [-0.1, -0.05) is 0 Å². The van der Waals surface area contributed by atoms with Gasteiger partial charge in [-0.3, -0.25) is 0 Å². The topological polar surface area (TPSA) is 70.5 Å². The van der Waals surface area contributed by atoms with Crippen molar-refractivity contribution >= 4 is 0 Å². The molecule has 0 saturated heterocycles. The highest BCUT2D eigenvalue weighted by Gasteiger charge is 2.14. The molecule has 0 radical (unpaired) electrons. The summed E-state index contributed by atoms with van der Waals surface area (Å²) in [6.07, 6.45) is 2.29. The molecule has 0 atom stereocenters. The van der Waals surface area contributed by atoms with Crippen molar-refractivity contribution in [2.45, 2.75) is 13.3 Å². The normalized spacial score (nSPS) is 10.5. The van der Waals surface area contributed by atoms with Gasteiger partial charge in [0.2, 0.25) is 0 Å². The van der Waals surface area contributed by atoms with Crippen LogP contribution in [0.1, 0.15) is 11.5 Å². The first-order chi connectivity index (χ1) is 9.19. The molecule has 5 heteroatoms. The molecule has 0 aliphatic carbocycles. The van der Waals surface area contributed by atoms with E-state index in [0.717, 1.165) is 22.6 Å². The Hall–Kier alpha value is -2.01. The average Bonchev–Trinajstić information content (AvgIpc) is 2.87. The molecular weight excluding hydrogens is 244 g/mol. The summed E-state index contributed by atoms with van der Waals surface area (Å²) in [5.74, 6) is 2.79. The largest absolute Gasteiger partial charge is 0.496 e.